The lowest BCUT2D eigenvalue weighted by molar-refractivity contribution is 0.642. The Hall–Kier alpha value is -1.78. The zero-order valence-electron chi connectivity index (χ0n) is 13.6. The minimum absolute atomic E-state index is 0.172. The van der Waals surface area contributed by atoms with Gasteiger partial charge in [-0.25, -0.2) is 4.39 Å². The Kier molecular flexibility index (Phi) is 4.46. The summed E-state index contributed by atoms with van der Waals surface area (Å²) in [5, 5.41) is 2.92. The second kappa shape index (κ2) is 6.38. The van der Waals surface area contributed by atoms with Gasteiger partial charge in [-0.3, -0.25) is 4.98 Å². The number of thiophene rings is 1. The van der Waals surface area contributed by atoms with Crippen LogP contribution in [0.5, 0.6) is 0 Å². The van der Waals surface area contributed by atoms with Gasteiger partial charge in [-0.15, -0.1) is 11.3 Å². The molecule has 0 aliphatic carbocycles. The predicted octanol–water partition coefficient (Wildman–Crippen LogP) is 5.29. The first-order chi connectivity index (χ1) is 11.0. The van der Waals surface area contributed by atoms with Gasteiger partial charge < -0.3 is 5.73 Å². The second-order valence-corrected chi connectivity index (χ2v) is 7.15. The van der Waals surface area contributed by atoms with E-state index in [4.69, 9.17) is 10.7 Å². The maximum atomic E-state index is 14.0. The molecule has 2 aromatic heterocycles. The summed E-state index contributed by atoms with van der Waals surface area (Å²) in [5.41, 5.74) is 9.97. The van der Waals surface area contributed by atoms with Gasteiger partial charge in [-0.2, -0.15) is 0 Å². The average Bonchev–Trinajstić information content (AvgIpc) is 2.99. The van der Waals surface area contributed by atoms with Gasteiger partial charge in [0.25, 0.3) is 0 Å². The first-order valence-electron chi connectivity index (χ1n) is 7.89. The average molecular weight is 328 g/mol. The molecule has 1 aromatic carbocycles. The van der Waals surface area contributed by atoms with Gasteiger partial charge in [0.05, 0.1) is 10.4 Å². The van der Waals surface area contributed by atoms with E-state index in [1.165, 1.54) is 23.0 Å². The zero-order chi connectivity index (χ0) is 16.6. The van der Waals surface area contributed by atoms with Crippen molar-refractivity contribution in [1.82, 2.24) is 4.98 Å². The molecule has 2 N–H and O–H groups in total. The lowest BCUT2D eigenvalue weighted by Crippen LogP contribution is -2.11. The van der Waals surface area contributed by atoms with E-state index in [-0.39, 0.29) is 11.7 Å². The highest BCUT2D eigenvalue weighted by atomic mass is 32.1. The van der Waals surface area contributed by atoms with Crippen molar-refractivity contribution in [3.63, 3.8) is 0 Å². The molecular weight excluding hydrogens is 307 g/mol. The third kappa shape index (κ3) is 3.01. The predicted molar refractivity (Wildman–Crippen MR) is 96.6 cm³/mol. The molecule has 1 unspecified atom stereocenters. The lowest BCUT2D eigenvalue weighted by Gasteiger charge is -2.14. The molecule has 0 spiro atoms. The van der Waals surface area contributed by atoms with Crippen molar-refractivity contribution in [3.8, 4) is 11.3 Å². The molecule has 1 atom stereocenters. The van der Waals surface area contributed by atoms with Crippen LogP contribution in [0.3, 0.4) is 0 Å². The Morgan fingerprint density at radius 1 is 1.22 bits per heavy atom. The molecule has 2 heterocycles. The van der Waals surface area contributed by atoms with Crippen molar-refractivity contribution in [2.24, 2.45) is 5.73 Å². The van der Waals surface area contributed by atoms with Gasteiger partial charge in [0.15, 0.2) is 0 Å². The summed E-state index contributed by atoms with van der Waals surface area (Å²) in [6, 6.07) is 9.47. The van der Waals surface area contributed by atoms with Gasteiger partial charge in [0.1, 0.15) is 5.82 Å². The summed E-state index contributed by atoms with van der Waals surface area (Å²) >= 11 is 1.43. The van der Waals surface area contributed by atoms with Crippen molar-refractivity contribution in [2.75, 3.05) is 6.54 Å². The Morgan fingerprint density at radius 3 is 2.70 bits per heavy atom. The van der Waals surface area contributed by atoms with Crippen LogP contribution >= 0.6 is 11.3 Å². The number of halogens is 1. The van der Waals surface area contributed by atoms with E-state index in [2.05, 4.69) is 32.9 Å². The highest BCUT2D eigenvalue weighted by molar-refractivity contribution is 7.17. The topological polar surface area (TPSA) is 38.9 Å². The summed E-state index contributed by atoms with van der Waals surface area (Å²) in [5.74, 6) is 0.436. The monoisotopic (exact) mass is 328 g/mol. The molecule has 120 valence electrons. The molecule has 0 saturated carbocycles. The van der Waals surface area contributed by atoms with Crippen molar-refractivity contribution < 1.29 is 4.39 Å². The van der Waals surface area contributed by atoms with E-state index < -0.39 is 0 Å². The fourth-order valence-electron chi connectivity index (χ4n) is 2.64. The van der Waals surface area contributed by atoms with Crippen LogP contribution in [0, 0.1) is 5.82 Å². The van der Waals surface area contributed by atoms with E-state index in [0.717, 1.165) is 22.3 Å². The van der Waals surface area contributed by atoms with Gasteiger partial charge in [-0.1, -0.05) is 32.9 Å². The summed E-state index contributed by atoms with van der Waals surface area (Å²) in [6.45, 7) is 6.98. The maximum Gasteiger partial charge on any atom is 0.141 e. The van der Waals surface area contributed by atoms with Crippen LogP contribution in [0.2, 0.25) is 0 Å². The van der Waals surface area contributed by atoms with Crippen molar-refractivity contribution in [3.05, 3.63) is 52.8 Å². The smallest absolute Gasteiger partial charge is 0.141 e. The number of benzene rings is 1. The standard InChI is InChI=1S/C19H21FN2S/c1-11(2)13-7-17(12(3)9-21)22-18(8-13)15-10-23-19-14(15)5-4-6-16(19)20/h4-8,10-12H,9,21H2,1-3H3. The van der Waals surface area contributed by atoms with Crippen LogP contribution in [-0.4, -0.2) is 11.5 Å². The Bertz CT molecular complexity index is 839. The lowest BCUT2D eigenvalue weighted by atomic mass is 9.96. The van der Waals surface area contributed by atoms with E-state index >= 15 is 0 Å². The number of aromatic nitrogens is 1. The van der Waals surface area contributed by atoms with E-state index in [1.807, 2.05) is 11.4 Å². The molecule has 3 rings (SSSR count). The van der Waals surface area contributed by atoms with Crippen LogP contribution in [0.25, 0.3) is 21.3 Å². The van der Waals surface area contributed by atoms with E-state index in [1.54, 1.807) is 6.07 Å². The molecule has 0 radical (unpaired) electrons. The number of nitrogens with two attached hydrogens (primary N) is 1. The number of pyridine rings is 1. The molecule has 0 bridgehead atoms. The number of hydrogen-bond acceptors (Lipinski definition) is 3. The van der Waals surface area contributed by atoms with Gasteiger partial charge in [0, 0.05) is 34.5 Å². The highest BCUT2D eigenvalue weighted by Gasteiger charge is 2.15. The van der Waals surface area contributed by atoms with Crippen LogP contribution in [-0.2, 0) is 0 Å². The largest absolute Gasteiger partial charge is 0.330 e. The van der Waals surface area contributed by atoms with Crippen molar-refractivity contribution in [1.29, 1.82) is 0 Å². The molecule has 23 heavy (non-hydrogen) atoms. The summed E-state index contributed by atoms with van der Waals surface area (Å²) in [7, 11) is 0. The van der Waals surface area contributed by atoms with Crippen molar-refractivity contribution in [2.45, 2.75) is 32.6 Å². The molecule has 2 nitrogen and oxygen atoms in total. The third-order valence-corrected chi connectivity index (χ3v) is 5.22. The van der Waals surface area contributed by atoms with Gasteiger partial charge >= 0.3 is 0 Å². The molecule has 0 fully saturated rings. The quantitative estimate of drug-likeness (QED) is 0.707. The van der Waals surface area contributed by atoms with Crippen LogP contribution in [0.4, 0.5) is 4.39 Å². The fourth-order valence-corrected chi connectivity index (χ4v) is 3.61. The van der Waals surface area contributed by atoms with Crippen LogP contribution in [0.15, 0.2) is 35.7 Å². The summed E-state index contributed by atoms with van der Waals surface area (Å²) < 4.78 is 14.6. The molecule has 0 aliphatic rings. The molecule has 0 saturated heterocycles. The minimum Gasteiger partial charge on any atom is -0.330 e. The van der Waals surface area contributed by atoms with Gasteiger partial charge in [0.2, 0.25) is 0 Å². The third-order valence-electron chi connectivity index (χ3n) is 4.22. The Labute approximate surface area is 140 Å². The zero-order valence-corrected chi connectivity index (χ0v) is 14.5. The molecular formula is C19H21FN2S. The van der Waals surface area contributed by atoms with Crippen LogP contribution < -0.4 is 5.73 Å². The normalized spacial score (nSPS) is 13.0. The number of fused-ring (bicyclic) bond motifs is 1. The number of rotatable bonds is 4. The summed E-state index contributed by atoms with van der Waals surface area (Å²) in [4.78, 5) is 4.81. The second-order valence-electron chi connectivity index (χ2n) is 6.27. The first kappa shape index (κ1) is 16.1. The maximum absolute atomic E-state index is 14.0. The first-order valence-corrected chi connectivity index (χ1v) is 8.77. The number of nitrogens with zero attached hydrogens (tertiary/aromatic N) is 1. The molecule has 4 heteroatoms. The Morgan fingerprint density at radius 2 is 2.00 bits per heavy atom. The number of hydrogen-bond donors (Lipinski definition) is 1. The highest BCUT2D eigenvalue weighted by Crippen LogP contribution is 2.36. The van der Waals surface area contributed by atoms with E-state index in [0.29, 0.717) is 17.2 Å². The van der Waals surface area contributed by atoms with Crippen LogP contribution in [0.1, 0.15) is 43.9 Å². The minimum atomic E-state index is -0.172. The van der Waals surface area contributed by atoms with Crippen molar-refractivity contribution >= 4 is 21.4 Å². The molecule has 0 amide bonds. The molecule has 3 aromatic rings. The van der Waals surface area contributed by atoms with Gasteiger partial charge in [-0.05, 0) is 29.7 Å². The van der Waals surface area contributed by atoms with E-state index in [9.17, 15) is 4.39 Å². The summed E-state index contributed by atoms with van der Waals surface area (Å²) in [6.07, 6.45) is 0. The Balaban J connectivity index is 2.21. The molecule has 0 aliphatic heterocycles. The SMILES string of the molecule is CC(C)c1cc(-c2csc3c(F)cccc23)nc(C(C)CN)c1. The fraction of sp³-hybridized carbons (Fsp3) is 0.316.